The van der Waals surface area contributed by atoms with Crippen LogP contribution in [-0.4, -0.2) is 18.7 Å². The topological polar surface area (TPSA) is 46.2 Å². The lowest BCUT2D eigenvalue weighted by Crippen LogP contribution is -2.12. The molecule has 1 amide bonds. The second-order valence-corrected chi connectivity index (χ2v) is 2.98. The van der Waals surface area contributed by atoms with Crippen LogP contribution in [0.15, 0.2) is 30.3 Å². The lowest BCUT2D eigenvalue weighted by molar-refractivity contribution is -0.119. The highest BCUT2D eigenvalue weighted by molar-refractivity contribution is 5.77. The van der Waals surface area contributed by atoms with Gasteiger partial charge in [-0.25, -0.2) is 0 Å². The van der Waals surface area contributed by atoms with Gasteiger partial charge in [0.2, 0.25) is 5.91 Å². The molecule has 74 valence electrons. The van der Waals surface area contributed by atoms with Crippen molar-refractivity contribution in [2.45, 2.75) is 12.8 Å². The van der Waals surface area contributed by atoms with Crippen molar-refractivity contribution >= 4 is 12.2 Å². The van der Waals surface area contributed by atoms with Crippen molar-refractivity contribution in [2.24, 2.45) is 0 Å². The lowest BCUT2D eigenvalue weighted by atomic mass is 10.2. The van der Waals surface area contributed by atoms with Crippen LogP contribution in [0.2, 0.25) is 0 Å². The average Bonchev–Trinajstić information content (AvgIpc) is 2.71. The van der Waals surface area contributed by atoms with Crippen LogP contribution < -0.4 is 5.32 Å². The third-order valence-corrected chi connectivity index (χ3v) is 1.84. The number of amides is 1. The Morgan fingerprint density at radius 1 is 1.21 bits per heavy atom. The van der Waals surface area contributed by atoms with Gasteiger partial charge in [-0.1, -0.05) is 30.3 Å². The van der Waals surface area contributed by atoms with E-state index in [4.69, 9.17) is 0 Å². The first kappa shape index (κ1) is 10.4. The summed E-state index contributed by atoms with van der Waals surface area (Å²) in [5.41, 5.74) is 0.729. The zero-order valence-electron chi connectivity index (χ0n) is 7.90. The second-order valence-electron chi connectivity index (χ2n) is 2.98. The molecule has 1 heterocycles. The standard InChI is InChI=1S/C7H6O.C4H7NO/c8-6-7-4-2-1-3-5-7;6-4-2-1-3-5-4/h1-6H;1-3H2,(H,5,6). The zero-order valence-corrected chi connectivity index (χ0v) is 7.90. The first-order chi connectivity index (χ1) is 6.83. The smallest absolute Gasteiger partial charge is 0.220 e. The Kier molecular flexibility index (Phi) is 4.41. The zero-order chi connectivity index (χ0) is 10.2. The van der Waals surface area contributed by atoms with Gasteiger partial charge in [0, 0.05) is 18.5 Å². The van der Waals surface area contributed by atoms with Crippen LogP contribution in [0.5, 0.6) is 0 Å². The van der Waals surface area contributed by atoms with Gasteiger partial charge in [0.1, 0.15) is 6.29 Å². The molecule has 3 heteroatoms. The number of rotatable bonds is 1. The van der Waals surface area contributed by atoms with Gasteiger partial charge in [0.25, 0.3) is 0 Å². The summed E-state index contributed by atoms with van der Waals surface area (Å²) in [4.78, 5) is 20.1. The maximum atomic E-state index is 10.1. The molecule has 0 radical (unpaired) electrons. The van der Waals surface area contributed by atoms with Crippen LogP contribution in [0.25, 0.3) is 0 Å². The number of aldehydes is 1. The SMILES string of the molecule is O=C1CCCN1.O=Cc1ccccc1. The number of carbonyl (C=O) groups excluding carboxylic acids is 2. The Hall–Kier alpha value is -1.64. The van der Waals surface area contributed by atoms with Crippen LogP contribution in [0.3, 0.4) is 0 Å². The quantitative estimate of drug-likeness (QED) is 0.682. The molecule has 1 aromatic carbocycles. The van der Waals surface area contributed by atoms with Gasteiger partial charge in [0.15, 0.2) is 0 Å². The molecule has 1 aliphatic rings. The molecule has 0 unspecified atom stereocenters. The number of carbonyl (C=O) groups is 2. The van der Waals surface area contributed by atoms with E-state index < -0.39 is 0 Å². The fourth-order valence-electron chi connectivity index (χ4n) is 1.10. The van der Waals surface area contributed by atoms with Crippen LogP contribution in [0.1, 0.15) is 23.2 Å². The molecule has 1 N–H and O–H groups in total. The summed E-state index contributed by atoms with van der Waals surface area (Å²) >= 11 is 0. The number of hydrogen-bond acceptors (Lipinski definition) is 2. The number of benzene rings is 1. The normalized spacial score (nSPS) is 13.9. The van der Waals surface area contributed by atoms with E-state index in [1.165, 1.54) is 0 Å². The van der Waals surface area contributed by atoms with E-state index >= 15 is 0 Å². The van der Waals surface area contributed by atoms with Gasteiger partial charge in [-0.3, -0.25) is 9.59 Å². The summed E-state index contributed by atoms with van der Waals surface area (Å²) in [7, 11) is 0. The maximum Gasteiger partial charge on any atom is 0.220 e. The molecule has 3 nitrogen and oxygen atoms in total. The summed E-state index contributed by atoms with van der Waals surface area (Å²) in [5.74, 6) is 0.204. The molecule has 1 aromatic rings. The Morgan fingerprint density at radius 2 is 1.93 bits per heavy atom. The van der Waals surface area contributed by atoms with Crippen LogP contribution in [-0.2, 0) is 4.79 Å². The van der Waals surface area contributed by atoms with Gasteiger partial charge >= 0.3 is 0 Å². The monoisotopic (exact) mass is 191 g/mol. The molecule has 14 heavy (non-hydrogen) atoms. The highest BCUT2D eigenvalue weighted by Gasteiger charge is 2.05. The number of hydrogen-bond donors (Lipinski definition) is 1. The van der Waals surface area contributed by atoms with Crippen molar-refractivity contribution in [1.82, 2.24) is 5.32 Å². The fourth-order valence-corrected chi connectivity index (χ4v) is 1.10. The molecular weight excluding hydrogens is 178 g/mol. The minimum Gasteiger partial charge on any atom is -0.356 e. The summed E-state index contributed by atoms with van der Waals surface area (Å²) < 4.78 is 0. The highest BCUT2D eigenvalue weighted by Crippen LogP contribution is 1.93. The van der Waals surface area contributed by atoms with Gasteiger partial charge in [-0.05, 0) is 6.42 Å². The number of nitrogens with one attached hydrogen (secondary N) is 1. The van der Waals surface area contributed by atoms with E-state index in [2.05, 4.69) is 5.32 Å². The van der Waals surface area contributed by atoms with Crippen molar-refractivity contribution in [3.05, 3.63) is 35.9 Å². The minimum absolute atomic E-state index is 0.204. The van der Waals surface area contributed by atoms with Gasteiger partial charge in [0.05, 0.1) is 0 Å². The molecule has 0 spiro atoms. The molecule has 0 saturated carbocycles. The van der Waals surface area contributed by atoms with E-state index in [-0.39, 0.29) is 5.91 Å². The van der Waals surface area contributed by atoms with Gasteiger partial charge in [-0.2, -0.15) is 0 Å². The molecule has 0 atom stereocenters. The second kappa shape index (κ2) is 5.91. The van der Waals surface area contributed by atoms with E-state index in [9.17, 15) is 9.59 Å². The van der Waals surface area contributed by atoms with E-state index in [0.717, 1.165) is 31.2 Å². The van der Waals surface area contributed by atoms with Crippen molar-refractivity contribution in [1.29, 1.82) is 0 Å². The van der Waals surface area contributed by atoms with Gasteiger partial charge in [-0.15, -0.1) is 0 Å². The van der Waals surface area contributed by atoms with Crippen molar-refractivity contribution < 1.29 is 9.59 Å². The predicted octanol–water partition coefficient (Wildman–Crippen LogP) is 1.40. The molecule has 0 aliphatic carbocycles. The van der Waals surface area contributed by atoms with Crippen molar-refractivity contribution in [3.8, 4) is 0 Å². The van der Waals surface area contributed by atoms with Crippen molar-refractivity contribution in [2.75, 3.05) is 6.54 Å². The van der Waals surface area contributed by atoms with Crippen LogP contribution >= 0.6 is 0 Å². The van der Waals surface area contributed by atoms with E-state index in [0.29, 0.717) is 0 Å². The van der Waals surface area contributed by atoms with Crippen molar-refractivity contribution in [3.63, 3.8) is 0 Å². The molecule has 0 aromatic heterocycles. The first-order valence-corrected chi connectivity index (χ1v) is 4.60. The molecule has 1 fully saturated rings. The first-order valence-electron chi connectivity index (χ1n) is 4.60. The average molecular weight is 191 g/mol. The minimum atomic E-state index is 0.204. The van der Waals surface area contributed by atoms with Gasteiger partial charge < -0.3 is 5.32 Å². The summed E-state index contributed by atoms with van der Waals surface area (Å²) in [6.45, 7) is 0.888. The Labute approximate surface area is 83.1 Å². The van der Waals surface area contributed by atoms with Crippen LogP contribution in [0, 0.1) is 0 Å². The molecular formula is C11H13NO2. The third-order valence-electron chi connectivity index (χ3n) is 1.84. The third kappa shape index (κ3) is 3.85. The maximum absolute atomic E-state index is 10.1. The Morgan fingerprint density at radius 3 is 2.21 bits per heavy atom. The predicted molar refractivity (Wildman–Crippen MR) is 54.1 cm³/mol. The lowest BCUT2D eigenvalue weighted by Gasteiger charge is -1.81. The molecule has 0 bridgehead atoms. The van der Waals surface area contributed by atoms with Crippen LogP contribution in [0.4, 0.5) is 0 Å². The summed E-state index contributed by atoms with van der Waals surface area (Å²) in [5, 5.41) is 2.68. The molecule has 2 rings (SSSR count). The Balaban J connectivity index is 0.000000146. The highest BCUT2D eigenvalue weighted by atomic mass is 16.1. The fraction of sp³-hybridized carbons (Fsp3) is 0.273. The van der Waals surface area contributed by atoms with E-state index in [1.54, 1.807) is 12.1 Å². The molecule has 1 aliphatic heterocycles. The molecule has 1 saturated heterocycles. The Bertz CT molecular complexity index is 287. The summed E-state index contributed by atoms with van der Waals surface area (Å²) in [6, 6.07) is 9.10. The largest absolute Gasteiger partial charge is 0.356 e. The van der Waals surface area contributed by atoms with E-state index in [1.807, 2.05) is 18.2 Å². The summed E-state index contributed by atoms with van der Waals surface area (Å²) in [6.07, 6.45) is 2.60.